The Morgan fingerprint density at radius 1 is 1.53 bits per heavy atom. The van der Waals surface area contributed by atoms with Crippen LogP contribution in [0.2, 0.25) is 5.02 Å². The first-order valence-electron chi connectivity index (χ1n) is 5.52. The van der Waals surface area contributed by atoms with Crippen LogP contribution in [0, 0.1) is 11.7 Å². The van der Waals surface area contributed by atoms with Crippen molar-refractivity contribution in [2.45, 2.75) is 13.0 Å². The minimum absolute atomic E-state index is 0.0563. The number of benzene rings is 1. The standard InChI is InChI=1S/C12H14ClFN2O/c13-12-9(2-1-3-10(12)14)7-16-6-8(5-15)4-11(16)17/h1-3,8H,4-7,15H2. The maximum absolute atomic E-state index is 13.2. The fourth-order valence-corrected chi connectivity index (χ4v) is 2.23. The second kappa shape index (κ2) is 5.02. The van der Waals surface area contributed by atoms with Gasteiger partial charge in [0.2, 0.25) is 5.91 Å². The zero-order valence-corrected chi connectivity index (χ0v) is 10.1. The summed E-state index contributed by atoms with van der Waals surface area (Å²) in [7, 11) is 0. The molecular formula is C12H14ClFN2O. The van der Waals surface area contributed by atoms with Gasteiger partial charge in [0.05, 0.1) is 5.02 Å². The molecule has 1 aromatic rings. The second-order valence-corrected chi connectivity index (χ2v) is 4.67. The summed E-state index contributed by atoms with van der Waals surface area (Å²) in [6.45, 7) is 1.48. The number of hydrogen-bond donors (Lipinski definition) is 1. The lowest BCUT2D eigenvalue weighted by Crippen LogP contribution is -2.25. The maximum Gasteiger partial charge on any atom is 0.223 e. The molecule has 2 N–H and O–H groups in total. The van der Waals surface area contributed by atoms with Crippen LogP contribution in [0.25, 0.3) is 0 Å². The molecule has 0 spiro atoms. The van der Waals surface area contributed by atoms with Gasteiger partial charge in [-0.3, -0.25) is 4.79 Å². The molecule has 17 heavy (non-hydrogen) atoms. The van der Waals surface area contributed by atoms with Crippen LogP contribution >= 0.6 is 11.6 Å². The minimum Gasteiger partial charge on any atom is -0.338 e. The third kappa shape index (κ3) is 2.58. The van der Waals surface area contributed by atoms with Crippen LogP contribution in [0.15, 0.2) is 18.2 Å². The minimum atomic E-state index is -0.453. The van der Waals surface area contributed by atoms with E-state index >= 15 is 0 Å². The Kier molecular flexibility index (Phi) is 3.64. The van der Waals surface area contributed by atoms with Gasteiger partial charge >= 0.3 is 0 Å². The lowest BCUT2D eigenvalue weighted by atomic mass is 10.1. The monoisotopic (exact) mass is 256 g/mol. The number of carbonyl (C=O) groups excluding carboxylic acids is 1. The normalized spacial score (nSPS) is 20.1. The van der Waals surface area contributed by atoms with E-state index in [1.165, 1.54) is 6.07 Å². The van der Waals surface area contributed by atoms with Gasteiger partial charge in [0, 0.05) is 19.5 Å². The Morgan fingerprint density at radius 2 is 2.29 bits per heavy atom. The highest BCUT2D eigenvalue weighted by Gasteiger charge is 2.28. The average Bonchev–Trinajstić information content (AvgIpc) is 2.66. The highest BCUT2D eigenvalue weighted by molar-refractivity contribution is 6.31. The first-order valence-corrected chi connectivity index (χ1v) is 5.90. The van der Waals surface area contributed by atoms with Gasteiger partial charge in [-0.1, -0.05) is 23.7 Å². The lowest BCUT2D eigenvalue weighted by molar-refractivity contribution is -0.128. The first-order chi connectivity index (χ1) is 8.11. The molecule has 3 nitrogen and oxygen atoms in total. The number of hydrogen-bond acceptors (Lipinski definition) is 2. The van der Waals surface area contributed by atoms with Crippen LogP contribution in [0.1, 0.15) is 12.0 Å². The summed E-state index contributed by atoms with van der Waals surface area (Å²) in [5, 5.41) is 0.0940. The molecule has 1 aliphatic heterocycles. The Hall–Kier alpha value is -1.13. The average molecular weight is 257 g/mol. The van der Waals surface area contributed by atoms with E-state index in [2.05, 4.69) is 0 Å². The molecule has 92 valence electrons. The predicted molar refractivity (Wildman–Crippen MR) is 64.0 cm³/mol. The van der Waals surface area contributed by atoms with E-state index in [1.807, 2.05) is 0 Å². The summed E-state index contributed by atoms with van der Waals surface area (Å²) in [5.74, 6) is -0.193. The van der Waals surface area contributed by atoms with Crippen molar-refractivity contribution in [2.75, 3.05) is 13.1 Å². The van der Waals surface area contributed by atoms with Gasteiger partial charge in [0.1, 0.15) is 5.82 Å². The molecule has 0 bridgehead atoms. The molecule has 0 aliphatic carbocycles. The summed E-state index contributed by atoms with van der Waals surface area (Å²) < 4.78 is 13.2. The predicted octanol–water partition coefficient (Wildman–Crippen LogP) is 1.79. The van der Waals surface area contributed by atoms with Crippen LogP contribution in [-0.4, -0.2) is 23.9 Å². The van der Waals surface area contributed by atoms with Crippen molar-refractivity contribution < 1.29 is 9.18 Å². The first kappa shape index (κ1) is 12.3. The molecule has 0 aromatic heterocycles. The van der Waals surface area contributed by atoms with Crippen molar-refractivity contribution in [3.05, 3.63) is 34.6 Å². The molecule has 1 aliphatic rings. The molecule has 1 unspecified atom stereocenters. The number of amides is 1. The Morgan fingerprint density at radius 3 is 2.94 bits per heavy atom. The number of halogens is 2. The smallest absolute Gasteiger partial charge is 0.223 e. The van der Waals surface area contributed by atoms with Gasteiger partial charge in [0.15, 0.2) is 0 Å². The van der Waals surface area contributed by atoms with Crippen molar-refractivity contribution in [3.63, 3.8) is 0 Å². The van der Waals surface area contributed by atoms with Gasteiger partial charge in [0.25, 0.3) is 0 Å². The van der Waals surface area contributed by atoms with Gasteiger partial charge in [-0.25, -0.2) is 4.39 Å². The topological polar surface area (TPSA) is 46.3 Å². The molecule has 5 heteroatoms. The summed E-state index contributed by atoms with van der Waals surface area (Å²) in [4.78, 5) is 13.4. The number of likely N-dealkylation sites (tertiary alicyclic amines) is 1. The number of nitrogens with zero attached hydrogens (tertiary/aromatic N) is 1. The van der Waals surface area contributed by atoms with E-state index in [0.29, 0.717) is 31.6 Å². The highest BCUT2D eigenvalue weighted by atomic mass is 35.5. The van der Waals surface area contributed by atoms with Gasteiger partial charge in [-0.15, -0.1) is 0 Å². The fourth-order valence-electron chi connectivity index (χ4n) is 2.04. The Bertz CT molecular complexity index is 439. The van der Waals surface area contributed by atoms with Crippen LogP contribution < -0.4 is 5.73 Å². The molecule has 2 rings (SSSR count). The Labute approximate surface area is 104 Å². The third-order valence-corrected chi connectivity index (χ3v) is 3.44. The highest BCUT2D eigenvalue weighted by Crippen LogP contribution is 2.24. The van der Waals surface area contributed by atoms with Crippen molar-refractivity contribution >= 4 is 17.5 Å². The molecule has 1 aromatic carbocycles. The summed E-state index contributed by atoms with van der Waals surface area (Å²) in [5.41, 5.74) is 6.18. The number of carbonyl (C=O) groups is 1. The molecule has 1 amide bonds. The Balaban J connectivity index is 2.11. The number of nitrogens with two attached hydrogens (primary N) is 1. The van der Waals surface area contributed by atoms with Gasteiger partial charge in [-0.05, 0) is 24.1 Å². The maximum atomic E-state index is 13.2. The van der Waals surface area contributed by atoms with Crippen molar-refractivity contribution in [1.82, 2.24) is 4.90 Å². The van der Waals surface area contributed by atoms with Crippen LogP contribution in [0.5, 0.6) is 0 Å². The van der Waals surface area contributed by atoms with Crippen LogP contribution in [0.3, 0.4) is 0 Å². The van der Waals surface area contributed by atoms with E-state index in [0.717, 1.165) is 0 Å². The van der Waals surface area contributed by atoms with E-state index in [4.69, 9.17) is 17.3 Å². The summed E-state index contributed by atoms with van der Waals surface area (Å²) in [6.07, 6.45) is 0.476. The van der Waals surface area contributed by atoms with Gasteiger partial charge in [-0.2, -0.15) is 0 Å². The van der Waals surface area contributed by atoms with Crippen molar-refractivity contribution in [1.29, 1.82) is 0 Å². The molecule has 0 saturated carbocycles. The molecule has 1 fully saturated rings. The molecule has 1 atom stereocenters. The van der Waals surface area contributed by atoms with E-state index in [9.17, 15) is 9.18 Å². The lowest BCUT2D eigenvalue weighted by Gasteiger charge is -2.17. The molecular weight excluding hydrogens is 243 g/mol. The van der Waals surface area contributed by atoms with Crippen molar-refractivity contribution in [2.24, 2.45) is 11.7 Å². The fraction of sp³-hybridized carbons (Fsp3) is 0.417. The molecule has 1 saturated heterocycles. The van der Waals surface area contributed by atoms with Crippen LogP contribution in [0.4, 0.5) is 4.39 Å². The number of rotatable bonds is 3. The third-order valence-electron chi connectivity index (χ3n) is 3.02. The zero-order chi connectivity index (χ0) is 12.4. The largest absolute Gasteiger partial charge is 0.338 e. The molecule has 1 heterocycles. The van der Waals surface area contributed by atoms with E-state index in [1.54, 1.807) is 17.0 Å². The van der Waals surface area contributed by atoms with Gasteiger partial charge < -0.3 is 10.6 Å². The zero-order valence-electron chi connectivity index (χ0n) is 9.33. The second-order valence-electron chi connectivity index (χ2n) is 4.29. The van der Waals surface area contributed by atoms with Crippen LogP contribution in [-0.2, 0) is 11.3 Å². The van der Waals surface area contributed by atoms with Crippen molar-refractivity contribution in [3.8, 4) is 0 Å². The summed E-state index contributed by atoms with van der Waals surface area (Å²) >= 11 is 5.85. The quantitative estimate of drug-likeness (QED) is 0.896. The SMILES string of the molecule is NCC1CC(=O)N(Cc2cccc(F)c2Cl)C1. The molecule has 0 radical (unpaired) electrons. The van der Waals surface area contributed by atoms with E-state index in [-0.39, 0.29) is 16.8 Å². The van der Waals surface area contributed by atoms with E-state index < -0.39 is 5.82 Å². The summed E-state index contributed by atoms with van der Waals surface area (Å²) in [6, 6.07) is 4.63.